The average molecular weight is 899 g/mol. The van der Waals surface area contributed by atoms with Crippen molar-refractivity contribution >= 4 is 59.2 Å². The number of aliphatic carboxylic acids is 2. The van der Waals surface area contributed by atoms with E-state index >= 15 is 0 Å². The second kappa shape index (κ2) is 25.7. The van der Waals surface area contributed by atoms with Gasteiger partial charge in [0.1, 0.15) is 36.6 Å². The average Bonchev–Trinajstić information content (AvgIpc) is 3.17. The summed E-state index contributed by atoms with van der Waals surface area (Å²) < 4.78 is 11.9. The highest BCUT2D eigenvalue weighted by Gasteiger charge is 2.57. The lowest BCUT2D eigenvalue weighted by Gasteiger charge is -2.47. The number of ether oxygens (including phenoxy) is 2. The highest BCUT2D eigenvalue weighted by atomic mass is 32.2. The third kappa shape index (κ3) is 15.9. The molecule has 0 bridgehead atoms. The van der Waals surface area contributed by atoms with Gasteiger partial charge in [0.05, 0.1) is 37.4 Å². The fourth-order valence-electron chi connectivity index (χ4n) is 7.28. The maximum Gasteiger partial charge on any atom is 0.346 e. The van der Waals surface area contributed by atoms with Crippen molar-refractivity contribution in [3.8, 4) is 0 Å². The molecule has 18 N–H and O–H groups in total. The largest absolute Gasteiger partial charge is 0.478 e. The Morgan fingerprint density at radius 1 is 0.617 bits per heavy atom. The zero-order chi connectivity index (χ0) is 45.2. The van der Waals surface area contributed by atoms with Gasteiger partial charge in [-0.05, 0) is 24.3 Å². The number of unbranched alkanes of at least 4 members (excludes halogenated alkanes) is 9. The van der Waals surface area contributed by atoms with Crippen molar-refractivity contribution in [3.63, 3.8) is 0 Å². The molecule has 2 heterocycles. The number of amides is 2. The van der Waals surface area contributed by atoms with Crippen LogP contribution in [0.4, 0.5) is 0 Å². The van der Waals surface area contributed by atoms with Crippen LogP contribution in [0.15, 0.2) is 9.98 Å². The van der Waals surface area contributed by atoms with Gasteiger partial charge < -0.3 is 83.9 Å². The molecule has 2 fully saturated rings. The maximum atomic E-state index is 12.6. The molecule has 22 nitrogen and oxygen atoms in total. The number of carboxylic acids is 2. The van der Waals surface area contributed by atoms with Gasteiger partial charge in [0, 0.05) is 26.7 Å². The lowest BCUT2D eigenvalue weighted by Crippen LogP contribution is -2.66. The van der Waals surface area contributed by atoms with Crippen molar-refractivity contribution < 1.29 is 69.5 Å². The predicted molar refractivity (Wildman–Crippen MR) is 223 cm³/mol. The molecule has 0 aliphatic carbocycles. The van der Waals surface area contributed by atoms with Crippen molar-refractivity contribution in [3.05, 3.63) is 0 Å². The van der Waals surface area contributed by atoms with Crippen LogP contribution in [0.3, 0.4) is 0 Å². The molecule has 12 atom stereocenters. The first-order valence-corrected chi connectivity index (χ1v) is 22.0. The molecule has 0 aromatic carbocycles. The minimum Gasteiger partial charge on any atom is -0.478 e. The van der Waals surface area contributed by atoms with Gasteiger partial charge in [-0.3, -0.25) is 9.59 Å². The molecule has 2 amide bonds. The topological polar surface area (TPSA) is 401 Å². The summed E-state index contributed by atoms with van der Waals surface area (Å²) in [4.78, 5) is 53.7. The number of thioether (sulfide) groups is 2. The quantitative estimate of drug-likeness (QED) is 0.0225. The first-order chi connectivity index (χ1) is 28.2. The fraction of sp³-hybridized carbons (Fsp3) is 0.833. The highest BCUT2D eigenvalue weighted by molar-refractivity contribution is 8.01. The maximum absolute atomic E-state index is 12.6. The van der Waals surface area contributed by atoms with Crippen LogP contribution in [0.2, 0.25) is 0 Å². The normalized spacial score (nSPS) is 28.7. The molecular weight excluding hydrogens is 833 g/mol. The second-order valence-electron chi connectivity index (χ2n) is 15.1. The number of aliphatic imine (C=N–C) groups is 2. The van der Waals surface area contributed by atoms with E-state index in [0.717, 1.165) is 74.9 Å². The Hall–Kier alpha value is -3.20. The van der Waals surface area contributed by atoms with Gasteiger partial charge in [0.25, 0.3) is 0 Å². The van der Waals surface area contributed by atoms with E-state index in [2.05, 4.69) is 20.6 Å². The number of aliphatic hydroxyl groups excluding tert-OH is 6. The lowest BCUT2D eigenvalue weighted by atomic mass is 9.88. The Morgan fingerprint density at radius 2 is 0.917 bits per heavy atom. The van der Waals surface area contributed by atoms with Gasteiger partial charge in [0.15, 0.2) is 11.9 Å². The van der Waals surface area contributed by atoms with Crippen LogP contribution in [0, 0.1) is 0 Å². The zero-order valence-electron chi connectivity index (χ0n) is 34.1. The first kappa shape index (κ1) is 52.9. The number of nitrogens with two attached hydrogens (primary N) is 4. The van der Waals surface area contributed by atoms with Gasteiger partial charge >= 0.3 is 11.9 Å². The van der Waals surface area contributed by atoms with Crippen LogP contribution < -0.4 is 33.6 Å². The lowest BCUT2D eigenvalue weighted by molar-refractivity contribution is -0.191. The molecule has 2 aliphatic rings. The number of carbonyl (C=O) groups excluding carboxylic acids is 2. The standard InChI is InChI=1S/C36H66N8O14S2/c1-19(47)41-25-21(43-33(37)38)15-35(31(53)54,57-29(25)27(51)23(49)17-45)59-13-11-9-7-5-3-4-6-8-10-12-14-60-36(32(55)56)16-22(44-34(39)40)26(42-20(2)48)30(58-36)28(52)24(50)18-46/h21-30,45-46,49-52H,3-18H2,1-2H3,(H,41,47)(H,42,48)(H,53,54)(H,55,56)(H4,37,38,43)(H4,39,40,44)/t21-,22-,23+,24+,25+,26+,27+,28+,29+,30+,35?,36?/m0/s1. The minimum atomic E-state index is -1.92. The molecule has 2 rings (SSSR count). The summed E-state index contributed by atoms with van der Waals surface area (Å²) in [6.07, 6.45) is -1.81. The monoisotopic (exact) mass is 898 g/mol. The third-order valence-electron chi connectivity index (χ3n) is 10.2. The van der Waals surface area contributed by atoms with Gasteiger partial charge in [-0.15, -0.1) is 23.5 Å². The van der Waals surface area contributed by atoms with Crippen LogP contribution in [-0.4, -0.2) is 172 Å². The summed E-state index contributed by atoms with van der Waals surface area (Å²) in [6, 6.07) is -4.25. The van der Waals surface area contributed by atoms with Crippen molar-refractivity contribution in [2.75, 3.05) is 24.7 Å². The highest BCUT2D eigenvalue weighted by Crippen LogP contribution is 2.43. The van der Waals surface area contributed by atoms with E-state index in [0.29, 0.717) is 24.3 Å². The van der Waals surface area contributed by atoms with Crippen LogP contribution in [-0.2, 0) is 28.7 Å². The Labute approximate surface area is 357 Å². The van der Waals surface area contributed by atoms with Crippen molar-refractivity contribution in [2.24, 2.45) is 32.9 Å². The summed E-state index contributed by atoms with van der Waals surface area (Å²) in [7, 11) is 0. The Bertz CT molecular complexity index is 1340. The van der Waals surface area contributed by atoms with Gasteiger partial charge in [0.2, 0.25) is 21.7 Å². The van der Waals surface area contributed by atoms with Crippen molar-refractivity contribution in [1.29, 1.82) is 0 Å². The second-order valence-corrected chi connectivity index (χ2v) is 17.8. The smallest absolute Gasteiger partial charge is 0.346 e. The van der Waals surface area contributed by atoms with Crippen molar-refractivity contribution in [2.45, 2.75) is 162 Å². The summed E-state index contributed by atoms with van der Waals surface area (Å²) in [5.41, 5.74) is 22.5. The van der Waals surface area contributed by atoms with E-state index in [1.54, 1.807) is 0 Å². The SMILES string of the molecule is CC(=O)N[C@H]1[C@H]([C@H](O)[C@H](O)CO)OC(SCCCCCCCCCCCCSC2(C(=O)O)C[C@H](N=C(N)N)[C@@H](NC(C)=O)[C@H]([C@H](O)[C@H](O)CO)O2)(C(=O)O)C[C@@H]1N=C(N)N. The van der Waals surface area contributed by atoms with Crippen LogP contribution >= 0.6 is 23.5 Å². The summed E-state index contributed by atoms with van der Waals surface area (Å²) >= 11 is 2.00. The van der Waals surface area contributed by atoms with Crippen molar-refractivity contribution in [1.82, 2.24) is 10.6 Å². The number of carboxylic acid groups (broad SMARTS) is 2. The van der Waals surface area contributed by atoms with Gasteiger partial charge in [-0.25, -0.2) is 19.6 Å². The number of nitrogens with zero attached hydrogens (tertiary/aromatic N) is 2. The molecule has 24 heteroatoms. The summed E-state index contributed by atoms with van der Waals surface area (Å²) in [5.74, 6) is -3.75. The van der Waals surface area contributed by atoms with Crippen LogP contribution in [0.25, 0.3) is 0 Å². The molecule has 0 radical (unpaired) electrons. The molecule has 0 spiro atoms. The number of hydrogen-bond donors (Lipinski definition) is 14. The van der Waals surface area contributed by atoms with E-state index in [1.807, 2.05) is 0 Å². The van der Waals surface area contributed by atoms with E-state index in [9.17, 15) is 60.0 Å². The number of aliphatic hydroxyl groups is 6. The molecule has 2 unspecified atom stereocenters. The molecular formula is C36H66N8O14S2. The minimum absolute atomic E-state index is 0.248. The zero-order valence-corrected chi connectivity index (χ0v) is 35.8. The molecule has 60 heavy (non-hydrogen) atoms. The Balaban J connectivity index is 1.84. The number of rotatable bonds is 27. The van der Waals surface area contributed by atoms with Crippen LogP contribution in [0.5, 0.6) is 0 Å². The van der Waals surface area contributed by atoms with Crippen LogP contribution in [0.1, 0.15) is 90.9 Å². The van der Waals surface area contributed by atoms with E-state index in [-0.39, 0.29) is 24.8 Å². The van der Waals surface area contributed by atoms with Gasteiger partial charge in [-0.2, -0.15) is 0 Å². The Morgan fingerprint density at radius 3 is 1.17 bits per heavy atom. The van der Waals surface area contributed by atoms with E-state index in [4.69, 9.17) is 32.4 Å². The molecule has 2 aliphatic heterocycles. The summed E-state index contributed by atoms with van der Waals surface area (Å²) in [6.45, 7) is 0.728. The van der Waals surface area contributed by atoms with E-state index in [1.165, 1.54) is 13.8 Å². The predicted octanol–water partition coefficient (Wildman–Crippen LogP) is -2.79. The number of carbonyl (C=O) groups is 4. The molecule has 346 valence electrons. The first-order valence-electron chi connectivity index (χ1n) is 20.0. The third-order valence-corrected chi connectivity index (χ3v) is 13.0. The summed E-state index contributed by atoms with van der Waals surface area (Å²) in [5, 5.41) is 86.6. The number of guanidine groups is 2. The molecule has 0 aromatic rings. The number of nitrogens with one attached hydrogen (secondary N) is 2. The molecule has 2 saturated heterocycles. The molecule has 0 saturated carbocycles. The molecule has 0 aromatic heterocycles. The number of hydrogen-bond acceptors (Lipinski definition) is 16. The Kier molecular flexibility index (Phi) is 22.6. The fourth-order valence-corrected chi connectivity index (χ4v) is 9.82. The van der Waals surface area contributed by atoms with E-state index < -0.39 is 108 Å². The van der Waals surface area contributed by atoms with Gasteiger partial charge in [-0.1, -0.05) is 51.4 Å².